The summed E-state index contributed by atoms with van der Waals surface area (Å²) in [6.45, 7) is 2.39. The summed E-state index contributed by atoms with van der Waals surface area (Å²) < 4.78 is 5.58. The number of thioether (sulfide) groups is 1. The van der Waals surface area contributed by atoms with Crippen LogP contribution in [0, 0.1) is 0 Å². The van der Waals surface area contributed by atoms with Crippen LogP contribution in [0.5, 0.6) is 0 Å². The number of thiocarbonyl (C=S) groups is 1. The Morgan fingerprint density at radius 3 is 2.67 bits per heavy atom. The number of ether oxygens (including phenoxy) is 1. The first-order valence-electron chi connectivity index (χ1n) is 7.82. The fraction of sp³-hybridized carbons (Fsp3) is 0.867. The zero-order valence-corrected chi connectivity index (χ0v) is 14.4. The summed E-state index contributed by atoms with van der Waals surface area (Å²) in [5, 5.41) is 0. The van der Waals surface area contributed by atoms with Crippen molar-refractivity contribution in [2.45, 2.75) is 55.8 Å². The molecule has 0 bridgehead atoms. The van der Waals surface area contributed by atoms with Crippen molar-refractivity contribution in [3.05, 3.63) is 0 Å². The second-order valence-electron chi connectivity index (χ2n) is 5.97. The predicted molar refractivity (Wildman–Crippen MR) is 91.7 cm³/mol. The van der Waals surface area contributed by atoms with Crippen LogP contribution in [-0.2, 0) is 9.53 Å². The van der Waals surface area contributed by atoms with Crippen LogP contribution in [0.3, 0.4) is 0 Å². The zero-order chi connectivity index (χ0) is 15.3. The molecule has 0 radical (unpaired) electrons. The number of hydrogen-bond donors (Lipinski definition) is 1. The second kappa shape index (κ2) is 7.79. The van der Waals surface area contributed by atoms with Gasteiger partial charge in [-0.1, -0.05) is 12.2 Å². The van der Waals surface area contributed by atoms with Crippen molar-refractivity contribution >= 4 is 34.9 Å². The lowest BCUT2D eigenvalue weighted by molar-refractivity contribution is -0.133. The zero-order valence-electron chi connectivity index (χ0n) is 12.8. The van der Waals surface area contributed by atoms with E-state index in [1.54, 1.807) is 11.8 Å². The Balaban J connectivity index is 1.76. The molecule has 0 aliphatic carbocycles. The monoisotopic (exact) mass is 330 g/mol. The third-order valence-electron chi connectivity index (χ3n) is 4.72. The number of amides is 1. The first kappa shape index (κ1) is 17.0. The Hall–Kier alpha value is -0.330. The van der Waals surface area contributed by atoms with Crippen LogP contribution in [0.25, 0.3) is 0 Å². The molecule has 2 saturated heterocycles. The minimum absolute atomic E-state index is 0.113. The maximum atomic E-state index is 12.3. The number of likely N-dealkylation sites (tertiary alicyclic amines) is 1. The van der Waals surface area contributed by atoms with Crippen molar-refractivity contribution in [1.82, 2.24) is 4.90 Å². The molecule has 6 heteroatoms. The smallest absolute Gasteiger partial charge is 0.222 e. The van der Waals surface area contributed by atoms with Gasteiger partial charge in [-0.3, -0.25) is 4.79 Å². The van der Waals surface area contributed by atoms with Crippen molar-refractivity contribution in [3.8, 4) is 0 Å². The predicted octanol–water partition coefficient (Wildman–Crippen LogP) is 2.35. The lowest BCUT2D eigenvalue weighted by Gasteiger charge is -2.40. The molecule has 2 rings (SSSR count). The van der Waals surface area contributed by atoms with Gasteiger partial charge in [-0.25, -0.2) is 0 Å². The number of carbonyl (C=O) groups is 1. The van der Waals surface area contributed by atoms with Crippen molar-refractivity contribution in [2.75, 3.05) is 26.0 Å². The molecular weight excluding hydrogens is 304 g/mol. The first-order valence-corrected chi connectivity index (χ1v) is 9.45. The average molecular weight is 331 g/mol. The molecule has 1 unspecified atom stereocenters. The average Bonchev–Trinajstić information content (AvgIpc) is 2.53. The number of carbonyl (C=O) groups excluding carboxylic acids is 1. The van der Waals surface area contributed by atoms with Crippen LogP contribution in [-0.4, -0.2) is 52.6 Å². The van der Waals surface area contributed by atoms with Gasteiger partial charge in [0.15, 0.2) is 0 Å². The van der Waals surface area contributed by atoms with Gasteiger partial charge in [-0.05, 0) is 44.8 Å². The Labute approximate surface area is 137 Å². The van der Waals surface area contributed by atoms with Gasteiger partial charge < -0.3 is 15.4 Å². The van der Waals surface area contributed by atoms with Crippen LogP contribution in [0.1, 0.15) is 44.9 Å². The van der Waals surface area contributed by atoms with Gasteiger partial charge in [0.05, 0.1) is 15.8 Å². The summed E-state index contributed by atoms with van der Waals surface area (Å²) in [5.74, 6) is 0.252. The summed E-state index contributed by atoms with van der Waals surface area (Å²) in [6.07, 6.45) is 9.03. The standard InChI is InChI=1S/C15H26N2O2S2/c1-21-15(14(16)20)7-9-17(10-8-15)13(18)6-5-12-4-2-3-11-19-12/h12H,2-11H2,1H3,(H2,16,20). The normalized spacial score (nSPS) is 25.6. The Morgan fingerprint density at radius 1 is 1.43 bits per heavy atom. The SMILES string of the molecule is CSC1(C(N)=S)CCN(C(=O)CCC2CCCCO2)CC1. The van der Waals surface area contributed by atoms with Gasteiger partial charge in [0.25, 0.3) is 0 Å². The van der Waals surface area contributed by atoms with E-state index in [0.29, 0.717) is 11.4 Å². The molecule has 2 heterocycles. The molecule has 2 aliphatic rings. The largest absolute Gasteiger partial charge is 0.392 e. The van der Waals surface area contributed by atoms with E-state index in [0.717, 1.165) is 51.8 Å². The molecule has 0 aromatic carbocycles. The molecule has 4 nitrogen and oxygen atoms in total. The van der Waals surface area contributed by atoms with E-state index < -0.39 is 0 Å². The number of nitrogens with two attached hydrogens (primary N) is 1. The highest BCUT2D eigenvalue weighted by molar-refractivity contribution is 8.02. The van der Waals surface area contributed by atoms with Crippen molar-refractivity contribution in [2.24, 2.45) is 5.73 Å². The van der Waals surface area contributed by atoms with E-state index in [1.165, 1.54) is 6.42 Å². The Kier molecular flexibility index (Phi) is 6.32. The fourth-order valence-electron chi connectivity index (χ4n) is 3.15. The van der Waals surface area contributed by atoms with Gasteiger partial charge in [0, 0.05) is 26.1 Å². The molecule has 120 valence electrons. The summed E-state index contributed by atoms with van der Waals surface area (Å²) in [4.78, 5) is 14.9. The minimum Gasteiger partial charge on any atom is -0.392 e. The summed E-state index contributed by atoms with van der Waals surface area (Å²) in [6, 6.07) is 0. The third-order valence-corrected chi connectivity index (χ3v) is 6.65. The molecule has 0 aromatic rings. The van der Waals surface area contributed by atoms with E-state index in [4.69, 9.17) is 22.7 Å². The molecule has 2 N–H and O–H groups in total. The topological polar surface area (TPSA) is 55.6 Å². The quantitative estimate of drug-likeness (QED) is 0.784. The van der Waals surface area contributed by atoms with Crippen molar-refractivity contribution in [1.29, 1.82) is 0 Å². The molecule has 21 heavy (non-hydrogen) atoms. The molecule has 0 saturated carbocycles. The molecule has 0 spiro atoms. The second-order valence-corrected chi connectivity index (χ2v) is 7.60. The summed E-state index contributed by atoms with van der Waals surface area (Å²) in [7, 11) is 0. The maximum Gasteiger partial charge on any atom is 0.222 e. The van der Waals surface area contributed by atoms with Crippen LogP contribution in [0.15, 0.2) is 0 Å². The fourth-order valence-corrected chi connectivity index (χ4v) is 4.39. The van der Waals surface area contributed by atoms with E-state index in [2.05, 4.69) is 6.26 Å². The highest BCUT2D eigenvalue weighted by atomic mass is 32.2. The number of piperidine rings is 1. The van der Waals surface area contributed by atoms with E-state index in [1.807, 2.05) is 4.90 Å². The number of nitrogens with zero attached hydrogens (tertiary/aromatic N) is 1. The molecular formula is C15H26N2O2S2. The van der Waals surface area contributed by atoms with Crippen LogP contribution < -0.4 is 5.73 Å². The lowest BCUT2D eigenvalue weighted by atomic mass is 9.95. The van der Waals surface area contributed by atoms with Crippen LogP contribution in [0.4, 0.5) is 0 Å². The Morgan fingerprint density at radius 2 is 2.14 bits per heavy atom. The highest BCUT2D eigenvalue weighted by Gasteiger charge is 2.37. The van der Waals surface area contributed by atoms with Gasteiger partial charge >= 0.3 is 0 Å². The van der Waals surface area contributed by atoms with Gasteiger partial charge in [-0.2, -0.15) is 11.8 Å². The van der Waals surface area contributed by atoms with Gasteiger partial charge in [0.2, 0.25) is 5.91 Å². The number of rotatable bonds is 5. The number of hydrogen-bond acceptors (Lipinski definition) is 4. The van der Waals surface area contributed by atoms with E-state index in [-0.39, 0.29) is 16.8 Å². The maximum absolute atomic E-state index is 12.3. The molecule has 1 atom stereocenters. The molecule has 2 fully saturated rings. The van der Waals surface area contributed by atoms with Crippen molar-refractivity contribution < 1.29 is 9.53 Å². The van der Waals surface area contributed by atoms with Gasteiger partial charge in [0.1, 0.15) is 0 Å². The third kappa shape index (κ3) is 4.33. The first-order chi connectivity index (χ1) is 10.1. The van der Waals surface area contributed by atoms with Gasteiger partial charge in [-0.15, -0.1) is 0 Å². The van der Waals surface area contributed by atoms with Crippen LogP contribution >= 0.6 is 24.0 Å². The van der Waals surface area contributed by atoms with Crippen LogP contribution in [0.2, 0.25) is 0 Å². The van der Waals surface area contributed by atoms with Crippen molar-refractivity contribution in [3.63, 3.8) is 0 Å². The molecule has 1 amide bonds. The van der Waals surface area contributed by atoms with E-state index >= 15 is 0 Å². The Bertz CT molecular complexity index is 376. The summed E-state index contributed by atoms with van der Waals surface area (Å²) in [5.41, 5.74) is 5.88. The lowest BCUT2D eigenvalue weighted by Crippen LogP contribution is -2.50. The molecule has 0 aromatic heterocycles. The summed E-state index contributed by atoms with van der Waals surface area (Å²) >= 11 is 6.93. The minimum atomic E-state index is -0.113. The molecule has 2 aliphatic heterocycles. The van der Waals surface area contributed by atoms with E-state index in [9.17, 15) is 4.79 Å². The highest BCUT2D eigenvalue weighted by Crippen LogP contribution is 2.35.